The van der Waals surface area contributed by atoms with E-state index < -0.39 is 10.3 Å². The maximum atomic E-state index is 11.5. The van der Waals surface area contributed by atoms with Crippen LogP contribution in [0.25, 0.3) is 0 Å². The molecule has 0 amide bonds. The highest BCUT2D eigenvalue weighted by molar-refractivity contribution is 7.84. The van der Waals surface area contributed by atoms with Crippen LogP contribution < -0.4 is 0 Å². The molecule has 4 nitrogen and oxygen atoms in total. The third-order valence-electron chi connectivity index (χ3n) is 3.38. The molecule has 1 unspecified atom stereocenters. The fourth-order valence-corrected chi connectivity index (χ4v) is 3.07. The smallest absolute Gasteiger partial charge is 0.257 e. The Labute approximate surface area is 109 Å². The van der Waals surface area contributed by atoms with Gasteiger partial charge in [0, 0.05) is 13.1 Å². The molecule has 0 aromatic heterocycles. The maximum Gasteiger partial charge on any atom is 0.338 e. The van der Waals surface area contributed by atoms with Gasteiger partial charge in [-0.15, -0.1) is 0 Å². The van der Waals surface area contributed by atoms with Gasteiger partial charge in [-0.25, -0.2) is 0 Å². The van der Waals surface area contributed by atoms with Crippen molar-refractivity contribution < 1.29 is 12.6 Å². The summed E-state index contributed by atoms with van der Waals surface area (Å²) in [5.41, 5.74) is 2.27. The molecule has 0 radical (unpaired) electrons. The highest BCUT2D eigenvalue weighted by atomic mass is 32.2. The standard InChI is InChI=1S/C13H19NO3S/c1-3-11(2)13-6-4-5-12(9-13)10-14-7-8-17-18(14,15)16/h4-6,9,11H,3,7-8,10H2,1-2H3. The largest absolute Gasteiger partial charge is 0.338 e. The zero-order chi connectivity index (χ0) is 13.2. The van der Waals surface area contributed by atoms with E-state index in [1.54, 1.807) is 0 Å². The van der Waals surface area contributed by atoms with E-state index in [1.807, 2.05) is 12.1 Å². The summed E-state index contributed by atoms with van der Waals surface area (Å²) in [7, 11) is -3.49. The van der Waals surface area contributed by atoms with Gasteiger partial charge in [-0.05, 0) is 23.5 Å². The van der Waals surface area contributed by atoms with Crippen molar-refractivity contribution >= 4 is 10.3 Å². The van der Waals surface area contributed by atoms with Crippen LogP contribution in [0.4, 0.5) is 0 Å². The molecule has 1 aromatic carbocycles. The maximum absolute atomic E-state index is 11.5. The van der Waals surface area contributed by atoms with Crippen LogP contribution in [0.3, 0.4) is 0 Å². The Bertz CT molecular complexity index is 513. The molecular weight excluding hydrogens is 250 g/mol. The van der Waals surface area contributed by atoms with Crippen LogP contribution in [0, 0.1) is 0 Å². The molecule has 1 aliphatic rings. The van der Waals surface area contributed by atoms with Crippen molar-refractivity contribution in [1.29, 1.82) is 0 Å². The van der Waals surface area contributed by atoms with Crippen molar-refractivity contribution in [3.05, 3.63) is 35.4 Å². The molecule has 0 N–H and O–H groups in total. The number of hydrogen-bond donors (Lipinski definition) is 0. The van der Waals surface area contributed by atoms with Crippen molar-refractivity contribution in [1.82, 2.24) is 4.31 Å². The van der Waals surface area contributed by atoms with Gasteiger partial charge in [0.2, 0.25) is 0 Å². The predicted octanol–water partition coefficient (Wildman–Crippen LogP) is 2.28. The monoisotopic (exact) mass is 269 g/mol. The second-order valence-corrected chi connectivity index (χ2v) is 6.28. The first-order valence-corrected chi connectivity index (χ1v) is 7.63. The Morgan fingerprint density at radius 2 is 2.22 bits per heavy atom. The average molecular weight is 269 g/mol. The highest BCUT2D eigenvalue weighted by Gasteiger charge is 2.29. The van der Waals surface area contributed by atoms with Crippen LogP contribution >= 0.6 is 0 Å². The quantitative estimate of drug-likeness (QED) is 0.842. The van der Waals surface area contributed by atoms with Gasteiger partial charge in [0.05, 0.1) is 6.61 Å². The van der Waals surface area contributed by atoms with Crippen molar-refractivity contribution in [3.8, 4) is 0 Å². The number of rotatable bonds is 4. The minimum Gasteiger partial charge on any atom is -0.257 e. The van der Waals surface area contributed by atoms with E-state index in [4.69, 9.17) is 4.18 Å². The lowest BCUT2D eigenvalue weighted by atomic mass is 9.97. The van der Waals surface area contributed by atoms with E-state index in [2.05, 4.69) is 26.0 Å². The lowest BCUT2D eigenvalue weighted by molar-refractivity contribution is 0.362. The Morgan fingerprint density at radius 3 is 2.83 bits per heavy atom. The molecule has 100 valence electrons. The van der Waals surface area contributed by atoms with Gasteiger partial charge in [-0.1, -0.05) is 38.1 Å². The van der Waals surface area contributed by atoms with Crippen LogP contribution in [0.2, 0.25) is 0 Å². The molecule has 0 spiro atoms. The molecule has 1 saturated heterocycles. The van der Waals surface area contributed by atoms with E-state index in [-0.39, 0.29) is 6.61 Å². The summed E-state index contributed by atoms with van der Waals surface area (Å²) in [6, 6.07) is 8.12. The van der Waals surface area contributed by atoms with E-state index >= 15 is 0 Å². The molecule has 1 heterocycles. The Hall–Kier alpha value is -0.910. The summed E-state index contributed by atoms with van der Waals surface area (Å²) in [5, 5.41) is 0. The number of nitrogens with zero attached hydrogens (tertiary/aromatic N) is 1. The van der Waals surface area contributed by atoms with Gasteiger partial charge >= 0.3 is 10.3 Å². The lowest BCUT2D eigenvalue weighted by Gasteiger charge is -2.14. The van der Waals surface area contributed by atoms with Crippen molar-refractivity contribution in [2.75, 3.05) is 13.2 Å². The topological polar surface area (TPSA) is 46.6 Å². The highest BCUT2D eigenvalue weighted by Crippen LogP contribution is 2.22. The lowest BCUT2D eigenvalue weighted by Crippen LogP contribution is -2.24. The molecule has 0 bridgehead atoms. The fourth-order valence-electron chi connectivity index (χ4n) is 2.03. The van der Waals surface area contributed by atoms with Crippen LogP contribution in [0.5, 0.6) is 0 Å². The Morgan fingerprint density at radius 1 is 1.44 bits per heavy atom. The van der Waals surface area contributed by atoms with Gasteiger partial charge < -0.3 is 0 Å². The normalized spacial score (nSPS) is 21.0. The van der Waals surface area contributed by atoms with Gasteiger partial charge in [0.1, 0.15) is 0 Å². The minimum absolute atomic E-state index is 0.257. The van der Waals surface area contributed by atoms with E-state index in [1.165, 1.54) is 9.87 Å². The summed E-state index contributed by atoms with van der Waals surface area (Å²) in [5.74, 6) is 0.497. The van der Waals surface area contributed by atoms with Gasteiger partial charge in [-0.3, -0.25) is 4.18 Å². The fraction of sp³-hybridized carbons (Fsp3) is 0.538. The molecule has 1 aromatic rings. The summed E-state index contributed by atoms with van der Waals surface area (Å²) in [4.78, 5) is 0. The molecule has 18 heavy (non-hydrogen) atoms. The van der Waals surface area contributed by atoms with Crippen molar-refractivity contribution in [3.63, 3.8) is 0 Å². The summed E-state index contributed by atoms with van der Waals surface area (Å²) < 4.78 is 29.2. The van der Waals surface area contributed by atoms with E-state index in [9.17, 15) is 8.42 Å². The van der Waals surface area contributed by atoms with Crippen LogP contribution in [0.15, 0.2) is 24.3 Å². The molecule has 1 fully saturated rings. The van der Waals surface area contributed by atoms with Crippen molar-refractivity contribution in [2.45, 2.75) is 32.7 Å². The number of benzene rings is 1. The molecule has 0 saturated carbocycles. The third-order valence-corrected chi connectivity index (χ3v) is 4.79. The third kappa shape index (κ3) is 2.91. The Kier molecular flexibility index (Phi) is 4.04. The van der Waals surface area contributed by atoms with Gasteiger partial charge in [0.25, 0.3) is 0 Å². The van der Waals surface area contributed by atoms with Crippen LogP contribution in [0.1, 0.15) is 37.3 Å². The second kappa shape index (κ2) is 5.38. The predicted molar refractivity (Wildman–Crippen MR) is 70.4 cm³/mol. The van der Waals surface area contributed by atoms with E-state index in [0.29, 0.717) is 19.0 Å². The Balaban J connectivity index is 2.15. The molecule has 5 heteroatoms. The SMILES string of the molecule is CCC(C)c1cccc(CN2CCOS2(=O)=O)c1. The molecular formula is C13H19NO3S. The summed E-state index contributed by atoms with van der Waals surface area (Å²) >= 11 is 0. The molecule has 0 aliphatic carbocycles. The summed E-state index contributed by atoms with van der Waals surface area (Å²) in [6.45, 7) is 5.42. The zero-order valence-corrected chi connectivity index (χ0v) is 11.6. The molecule has 1 aliphatic heterocycles. The van der Waals surface area contributed by atoms with Gasteiger partial charge in [-0.2, -0.15) is 12.7 Å². The van der Waals surface area contributed by atoms with Crippen LogP contribution in [-0.2, 0) is 21.0 Å². The first-order chi connectivity index (χ1) is 8.53. The van der Waals surface area contributed by atoms with Crippen molar-refractivity contribution in [2.24, 2.45) is 0 Å². The average Bonchev–Trinajstić information content (AvgIpc) is 2.68. The zero-order valence-electron chi connectivity index (χ0n) is 10.8. The van der Waals surface area contributed by atoms with Crippen LogP contribution in [-0.4, -0.2) is 25.9 Å². The minimum atomic E-state index is -3.49. The van der Waals surface area contributed by atoms with Gasteiger partial charge in [0.15, 0.2) is 0 Å². The van der Waals surface area contributed by atoms with E-state index in [0.717, 1.165) is 12.0 Å². The number of hydrogen-bond acceptors (Lipinski definition) is 3. The summed E-state index contributed by atoms with van der Waals surface area (Å²) in [6.07, 6.45) is 1.08. The first kappa shape index (κ1) is 13.5. The molecule has 2 rings (SSSR count). The second-order valence-electron chi connectivity index (χ2n) is 4.67. The molecule has 1 atom stereocenters. The first-order valence-electron chi connectivity index (χ1n) is 6.26.